The lowest BCUT2D eigenvalue weighted by Gasteiger charge is -2.12. The van der Waals surface area contributed by atoms with E-state index in [4.69, 9.17) is 0 Å². The van der Waals surface area contributed by atoms with Crippen molar-refractivity contribution in [2.75, 3.05) is 5.32 Å². The van der Waals surface area contributed by atoms with Crippen LogP contribution in [0.1, 0.15) is 31.9 Å². The molecule has 96 valence electrons. The Balaban J connectivity index is 1.54. The van der Waals surface area contributed by atoms with Crippen molar-refractivity contribution in [1.82, 2.24) is 9.97 Å². The summed E-state index contributed by atoms with van der Waals surface area (Å²) in [7, 11) is 0. The number of hydrogen-bond acceptors (Lipinski definition) is 3. The van der Waals surface area contributed by atoms with Gasteiger partial charge in [0.2, 0.25) is 0 Å². The van der Waals surface area contributed by atoms with E-state index in [1.165, 1.54) is 25.6 Å². The number of aryl methyl sites for hydroxylation is 1. The number of halogens is 1. The number of fused-ring (bicyclic) bond motifs is 5. The van der Waals surface area contributed by atoms with Crippen LogP contribution in [0.2, 0.25) is 0 Å². The van der Waals surface area contributed by atoms with Gasteiger partial charge in [-0.15, -0.1) is 0 Å². The van der Waals surface area contributed by atoms with Crippen LogP contribution in [0.15, 0.2) is 6.33 Å². The average molecular weight is 247 g/mol. The van der Waals surface area contributed by atoms with E-state index >= 15 is 0 Å². The third kappa shape index (κ3) is 1.35. The summed E-state index contributed by atoms with van der Waals surface area (Å²) in [5, 5.41) is 3.34. The highest BCUT2D eigenvalue weighted by Gasteiger charge is 2.65. The van der Waals surface area contributed by atoms with Gasteiger partial charge in [0, 0.05) is 6.04 Å². The molecule has 0 spiro atoms. The Morgan fingerprint density at radius 1 is 1.28 bits per heavy atom. The molecule has 3 saturated carbocycles. The van der Waals surface area contributed by atoms with Crippen LogP contribution in [0.4, 0.5) is 10.2 Å². The van der Waals surface area contributed by atoms with Crippen LogP contribution in [0.25, 0.3) is 0 Å². The summed E-state index contributed by atoms with van der Waals surface area (Å²) in [4.78, 5) is 8.04. The number of rotatable bonds is 3. The fraction of sp³-hybridized carbons (Fsp3) is 0.714. The van der Waals surface area contributed by atoms with Crippen LogP contribution in [0, 0.1) is 29.5 Å². The quantitative estimate of drug-likeness (QED) is 0.892. The van der Waals surface area contributed by atoms with E-state index < -0.39 is 0 Å². The number of nitrogens with zero attached hydrogens (tertiary/aromatic N) is 2. The molecule has 4 rings (SSSR count). The predicted molar refractivity (Wildman–Crippen MR) is 66.6 cm³/mol. The fourth-order valence-electron chi connectivity index (χ4n) is 4.43. The van der Waals surface area contributed by atoms with E-state index in [9.17, 15) is 4.39 Å². The Labute approximate surface area is 106 Å². The van der Waals surface area contributed by atoms with Crippen LogP contribution < -0.4 is 5.32 Å². The van der Waals surface area contributed by atoms with Gasteiger partial charge in [0.1, 0.15) is 6.33 Å². The smallest absolute Gasteiger partial charge is 0.186 e. The lowest BCUT2D eigenvalue weighted by Crippen LogP contribution is -2.15. The molecule has 1 N–H and O–H groups in total. The van der Waals surface area contributed by atoms with Gasteiger partial charge in [-0.05, 0) is 49.4 Å². The largest absolute Gasteiger partial charge is 0.364 e. The van der Waals surface area contributed by atoms with E-state index in [-0.39, 0.29) is 5.82 Å². The first-order valence-corrected chi connectivity index (χ1v) is 7.05. The molecule has 1 heterocycles. The van der Waals surface area contributed by atoms with Gasteiger partial charge in [-0.2, -0.15) is 0 Å². The Hall–Kier alpha value is -1.19. The molecule has 0 aromatic carbocycles. The first-order chi connectivity index (χ1) is 8.79. The maximum Gasteiger partial charge on any atom is 0.186 e. The third-order valence-corrected chi connectivity index (χ3v) is 5.24. The molecule has 18 heavy (non-hydrogen) atoms. The Morgan fingerprint density at radius 2 is 2.00 bits per heavy atom. The van der Waals surface area contributed by atoms with Gasteiger partial charge in [-0.25, -0.2) is 14.4 Å². The standard InChI is InChI=1S/C14H18FN3/c1-2-9-12(15)14(17-6-16-9)18-13-10-7-3-4-8(5-7)11(10)13/h6-8,10-11,13H,2-5H2,1H3,(H,16,17,18). The Morgan fingerprint density at radius 3 is 2.67 bits per heavy atom. The van der Waals surface area contributed by atoms with E-state index in [0.29, 0.717) is 24.0 Å². The molecular formula is C14H18FN3. The second-order valence-electron chi connectivity index (χ2n) is 5.99. The zero-order valence-electron chi connectivity index (χ0n) is 10.6. The van der Waals surface area contributed by atoms with E-state index in [1.807, 2.05) is 6.92 Å². The fourth-order valence-corrected chi connectivity index (χ4v) is 4.43. The Bertz CT molecular complexity index is 474. The Kier molecular flexibility index (Phi) is 2.17. The van der Waals surface area contributed by atoms with Crippen molar-refractivity contribution < 1.29 is 4.39 Å². The molecule has 3 aliphatic rings. The van der Waals surface area contributed by atoms with Gasteiger partial charge in [0.05, 0.1) is 5.69 Å². The molecule has 3 nitrogen and oxygen atoms in total. The molecule has 4 unspecified atom stereocenters. The first kappa shape index (κ1) is 10.7. The molecule has 3 fully saturated rings. The monoisotopic (exact) mass is 247 g/mol. The van der Waals surface area contributed by atoms with Crippen LogP contribution in [-0.4, -0.2) is 16.0 Å². The number of nitrogens with one attached hydrogen (secondary N) is 1. The maximum absolute atomic E-state index is 14.1. The number of anilines is 1. The van der Waals surface area contributed by atoms with E-state index in [1.54, 1.807) is 0 Å². The third-order valence-electron chi connectivity index (χ3n) is 5.24. The molecule has 1 aromatic rings. The van der Waals surface area contributed by atoms with E-state index in [0.717, 1.165) is 23.7 Å². The summed E-state index contributed by atoms with van der Waals surface area (Å²) in [6.45, 7) is 1.92. The number of hydrogen-bond donors (Lipinski definition) is 1. The topological polar surface area (TPSA) is 37.8 Å². The molecule has 4 atom stereocenters. The molecular weight excluding hydrogens is 229 g/mol. The highest BCUT2D eigenvalue weighted by molar-refractivity contribution is 5.42. The summed E-state index contributed by atoms with van der Waals surface area (Å²) in [5.74, 6) is 3.55. The van der Waals surface area contributed by atoms with Gasteiger partial charge >= 0.3 is 0 Å². The van der Waals surface area contributed by atoms with E-state index in [2.05, 4.69) is 15.3 Å². The van der Waals surface area contributed by atoms with Crippen LogP contribution >= 0.6 is 0 Å². The van der Waals surface area contributed by atoms with Crippen molar-refractivity contribution in [3.8, 4) is 0 Å². The van der Waals surface area contributed by atoms with Crippen molar-refractivity contribution in [1.29, 1.82) is 0 Å². The lowest BCUT2D eigenvalue weighted by molar-refractivity contribution is 0.456. The van der Waals surface area contributed by atoms with Gasteiger partial charge < -0.3 is 5.32 Å². The second kappa shape index (κ2) is 3.65. The zero-order chi connectivity index (χ0) is 12.3. The van der Waals surface area contributed by atoms with Crippen molar-refractivity contribution in [2.45, 2.75) is 38.6 Å². The van der Waals surface area contributed by atoms with Crippen molar-refractivity contribution >= 4 is 5.82 Å². The van der Waals surface area contributed by atoms with Crippen LogP contribution in [0.5, 0.6) is 0 Å². The number of aromatic nitrogens is 2. The molecule has 3 aliphatic carbocycles. The molecule has 0 aliphatic heterocycles. The maximum atomic E-state index is 14.1. The molecule has 0 radical (unpaired) electrons. The second-order valence-corrected chi connectivity index (χ2v) is 5.99. The van der Waals surface area contributed by atoms with Crippen LogP contribution in [-0.2, 0) is 6.42 Å². The van der Waals surface area contributed by atoms with Gasteiger partial charge in [0.25, 0.3) is 0 Å². The molecule has 2 bridgehead atoms. The summed E-state index contributed by atoms with van der Waals surface area (Å²) in [5.41, 5.74) is 0.515. The minimum Gasteiger partial charge on any atom is -0.364 e. The van der Waals surface area contributed by atoms with Gasteiger partial charge in [-0.1, -0.05) is 6.92 Å². The molecule has 0 saturated heterocycles. The average Bonchev–Trinajstić information content (AvgIpc) is 2.79. The molecule has 1 aromatic heterocycles. The van der Waals surface area contributed by atoms with Crippen molar-refractivity contribution in [2.24, 2.45) is 23.7 Å². The lowest BCUT2D eigenvalue weighted by atomic mass is 10.0. The first-order valence-electron chi connectivity index (χ1n) is 7.05. The zero-order valence-corrected chi connectivity index (χ0v) is 10.6. The highest BCUT2D eigenvalue weighted by atomic mass is 19.1. The highest BCUT2D eigenvalue weighted by Crippen LogP contribution is 2.66. The summed E-state index contributed by atoms with van der Waals surface area (Å²) < 4.78 is 14.1. The molecule has 4 heteroatoms. The predicted octanol–water partition coefficient (Wildman–Crippen LogP) is 2.63. The van der Waals surface area contributed by atoms with Gasteiger partial charge in [0.15, 0.2) is 11.6 Å². The normalized spacial score (nSPS) is 39.8. The minimum atomic E-state index is -0.252. The van der Waals surface area contributed by atoms with Crippen molar-refractivity contribution in [3.05, 3.63) is 17.8 Å². The van der Waals surface area contributed by atoms with Crippen molar-refractivity contribution in [3.63, 3.8) is 0 Å². The van der Waals surface area contributed by atoms with Gasteiger partial charge in [-0.3, -0.25) is 0 Å². The summed E-state index contributed by atoms with van der Waals surface area (Å²) >= 11 is 0. The molecule has 0 amide bonds. The summed E-state index contributed by atoms with van der Waals surface area (Å²) in [6, 6.07) is 0.477. The van der Waals surface area contributed by atoms with Crippen LogP contribution in [0.3, 0.4) is 0 Å². The minimum absolute atomic E-state index is 0.252. The SMILES string of the molecule is CCc1ncnc(NC2C3C4CCC(C4)C23)c1F. The summed E-state index contributed by atoms with van der Waals surface area (Å²) in [6.07, 6.45) is 6.27.